The van der Waals surface area contributed by atoms with Crippen LogP contribution in [0.1, 0.15) is 39.3 Å². The maximum Gasteiger partial charge on any atom is 0.251 e. The first-order valence-electron chi connectivity index (χ1n) is 5.21. The van der Waals surface area contributed by atoms with Crippen LogP contribution in [0.3, 0.4) is 0 Å². The van der Waals surface area contributed by atoms with Crippen LogP contribution in [0.15, 0.2) is 23.1 Å². The van der Waals surface area contributed by atoms with Gasteiger partial charge in [-0.2, -0.15) is 0 Å². The van der Waals surface area contributed by atoms with Crippen molar-refractivity contribution in [1.82, 2.24) is 4.57 Å². The van der Waals surface area contributed by atoms with Crippen molar-refractivity contribution >= 4 is 0 Å². The minimum Gasteiger partial charge on any atom is -0.313 e. The molecular formula is C12H19NO. The van der Waals surface area contributed by atoms with E-state index in [9.17, 15) is 4.79 Å². The van der Waals surface area contributed by atoms with E-state index >= 15 is 0 Å². The number of nitrogens with zero attached hydrogens (tertiary/aromatic N) is 1. The summed E-state index contributed by atoms with van der Waals surface area (Å²) in [6, 6.07) is 4.04. The highest BCUT2D eigenvalue weighted by molar-refractivity contribution is 5.11. The Hall–Kier alpha value is -1.05. The smallest absolute Gasteiger partial charge is 0.251 e. The summed E-state index contributed by atoms with van der Waals surface area (Å²) in [5.41, 5.74) is 1.25. The second-order valence-corrected chi connectivity index (χ2v) is 4.47. The fraction of sp³-hybridized carbons (Fsp3) is 0.583. The zero-order valence-electron chi connectivity index (χ0n) is 9.45. The molecule has 0 aliphatic carbocycles. The van der Waals surface area contributed by atoms with Gasteiger partial charge in [-0.3, -0.25) is 4.79 Å². The second-order valence-electron chi connectivity index (χ2n) is 4.47. The monoisotopic (exact) mass is 193 g/mol. The van der Waals surface area contributed by atoms with Crippen molar-refractivity contribution in [3.8, 4) is 0 Å². The molecule has 0 saturated heterocycles. The molecule has 0 radical (unpaired) electrons. The molecule has 0 aromatic carbocycles. The summed E-state index contributed by atoms with van der Waals surface area (Å²) < 4.78 is 1.75. The van der Waals surface area contributed by atoms with Crippen molar-refractivity contribution in [2.45, 2.75) is 40.2 Å². The van der Waals surface area contributed by atoms with Gasteiger partial charge in [0.15, 0.2) is 0 Å². The van der Waals surface area contributed by atoms with Gasteiger partial charge in [0.1, 0.15) is 0 Å². The van der Waals surface area contributed by atoms with Gasteiger partial charge in [-0.15, -0.1) is 0 Å². The van der Waals surface area contributed by atoms with Gasteiger partial charge in [-0.25, -0.2) is 0 Å². The Morgan fingerprint density at radius 1 is 1.29 bits per heavy atom. The molecule has 0 aliphatic rings. The van der Waals surface area contributed by atoms with E-state index in [1.807, 2.05) is 26.1 Å². The molecule has 0 saturated carbocycles. The molecule has 78 valence electrons. The van der Waals surface area contributed by atoms with Gasteiger partial charge in [0, 0.05) is 18.3 Å². The van der Waals surface area contributed by atoms with Crippen LogP contribution in [0, 0.1) is 5.92 Å². The van der Waals surface area contributed by atoms with Crippen LogP contribution in [0.4, 0.5) is 0 Å². The summed E-state index contributed by atoms with van der Waals surface area (Å²) in [4.78, 5) is 11.6. The highest BCUT2D eigenvalue weighted by atomic mass is 16.1. The lowest BCUT2D eigenvalue weighted by Crippen LogP contribution is -2.21. The molecule has 1 heterocycles. The molecule has 0 atom stereocenters. The molecule has 0 N–H and O–H groups in total. The SMILES string of the molecule is CC(C)Cc1ccn(C(C)C)c(=O)c1. The van der Waals surface area contributed by atoms with Crippen molar-refractivity contribution < 1.29 is 0 Å². The Bertz CT molecular complexity index is 350. The van der Waals surface area contributed by atoms with Gasteiger partial charge < -0.3 is 4.57 Å². The van der Waals surface area contributed by atoms with E-state index in [1.165, 1.54) is 0 Å². The topological polar surface area (TPSA) is 22.0 Å². The summed E-state index contributed by atoms with van der Waals surface area (Å²) in [7, 11) is 0. The van der Waals surface area contributed by atoms with Crippen LogP contribution < -0.4 is 5.56 Å². The standard InChI is InChI=1S/C12H19NO/c1-9(2)7-11-5-6-13(10(3)4)12(14)8-11/h5-6,8-10H,7H2,1-4H3. The predicted molar refractivity (Wildman–Crippen MR) is 59.6 cm³/mol. The largest absolute Gasteiger partial charge is 0.313 e. The third kappa shape index (κ3) is 2.72. The van der Waals surface area contributed by atoms with Crippen LogP contribution in [-0.2, 0) is 6.42 Å². The van der Waals surface area contributed by atoms with Gasteiger partial charge in [-0.1, -0.05) is 13.8 Å². The van der Waals surface area contributed by atoms with E-state index in [1.54, 1.807) is 10.6 Å². The minimum atomic E-state index is 0.109. The molecule has 0 aliphatic heterocycles. The summed E-state index contributed by atoms with van der Waals surface area (Å²) in [5.74, 6) is 0.601. The molecule has 2 nitrogen and oxygen atoms in total. The average molecular weight is 193 g/mol. The van der Waals surface area contributed by atoms with Crippen LogP contribution in [0.5, 0.6) is 0 Å². The van der Waals surface area contributed by atoms with Crippen molar-refractivity contribution in [1.29, 1.82) is 0 Å². The van der Waals surface area contributed by atoms with Crippen molar-refractivity contribution in [3.63, 3.8) is 0 Å². The molecule has 0 bridgehead atoms. The first-order valence-corrected chi connectivity index (χ1v) is 5.21. The van der Waals surface area contributed by atoms with Crippen LogP contribution in [0.2, 0.25) is 0 Å². The van der Waals surface area contributed by atoms with Crippen molar-refractivity contribution in [2.75, 3.05) is 0 Å². The quantitative estimate of drug-likeness (QED) is 0.723. The Balaban J connectivity index is 2.95. The van der Waals surface area contributed by atoms with Gasteiger partial charge in [0.2, 0.25) is 0 Å². The van der Waals surface area contributed by atoms with E-state index in [0.717, 1.165) is 12.0 Å². The number of hydrogen-bond donors (Lipinski definition) is 0. The van der Waals surface area contributed by atoms with Crippen molar-refractivity contribution in [2.24, 2.45) is 5.92 Å². The molecule has 0 unspecified atom stereocenters. The molecule has 0 amide bonds. The lowest BCUT2D eigenvalue weighted by atomic mass is 10.0. The zero-order valence-corrected chi connectivity index (χ0v) is 9.45. The highest BCUT2D eigenvalue weighted by Crippen LogP contribution is 2.06. The lowest BCUT2D eigenvalue weighted by Gasteiger charge is -2.11. The third-order valence-electron chi connectivity index (χ3n) is 2.21. The molecule has 0 fully saturated rings. The maximum absolute atomic E-state index is 11.6. The predicted octanol–water partition coefficient (Wildman–Crippen LogP) is 2.63. The molecule has 1 rings (SSSR count). The lowest BCUT2D eigenvalue weighted by molar-refractivity contribution is 0.573. The summed E-state index contributed by atoms with van der Waals surface area (Å²) in [6.07, 6.45) is 2.87. The first kappa shape index (κ1) is 11.0. The number of hydrogen-bond acceptors (Lipinski definition) is 1. The zero-order chi connectivity index (χ0) is 10.7. The van der Waals surface area contributed by atoms with E-state index in [4.69, 9.17) is 0 Å². The van der Waals surface area contributed by atoms with Gasteiger partial charge in [0.05, 0.1) is 0 Å². The van der Waals surface area contributed by atoms with E-state index in [0.29, 0.717) is 5.92 Å². The molecule has 0 spiro atoms. The Morgan fingerprint density at radius 3 is 2.36 bits per heavy atom. The molecular weight excluding hydrogens is 174 g/mol. The molecule has 2 heteroatoms. The van der Waals surface area contributed by atoms with E-state index < -0.39 is 0 Å². The summed E-state index contributed by atoms with van der Waals surface area (Å²) in [5, 5.41) is 0. The third-order valence-corrected chi connectivity index (χ3v) is 2.21. The Morgan fingerprint density at radius 2 is 1.93 bits per heavy atom. The number of rotatable bonds is 3. The minimum absolute atomic E-state index is 0.109. The maximum atomic E-state index is 11.6. The first-order chi connectivity index (χ1) is 6.50. The fourth-order valence-corrected chi connectivity index (χ4v) is 1.56. The van der Waals surface area contributed by atoms with Crippen LogP contribution >= 0.6 is 0 Å². The number of pyridine rings is 1. The molecule has 1 aromatic heterocycles. The fourth-order valence-electron chi connectivity index (χ4n) is 1.56. The van der Waals surface area contributed by atoms with Gasteiger partial charge in [0.25, 0.3) is 5.56 Å². The second kappa shape index (κ2) is 4.45. The van der Waals surface area contributed by atoms with Crippen molar-refractivity contribution in [3.05, 3.63) is 34.2 Å². The molecule has 1 aromatic rings. The van der Waals surface area contributed by atoms with Gasteiger partial charge >= 0.3 is 0 Å². The number of aromatic nitrogens is 1. The van der Waals surface area contributed by atoms with Crippen LogP contribution in [-0.4, -0.2) is 4.57 Å². The summed E-state index contributed by atoms with van der Waals surface area (Å²) >= 11 is 0. The Kier molecular flexibility index (Phi) is 3.50. The van der Waals surface area contributed by atoms with Crippen LogP contribution in [0.25, 0.3) is 0 Å². The highest BCUT2D eigenvalue weighted by Gasteiger charge is 2.03. The normalized spacial score (nSPS) is 11.3. The van der Waals surface area contributed by atoms with Gasteiger partial charge in [-0.05, 0) is 37.8 Å². The average Bonchev–Trinajstić information content (AvgIpc) is 2.01. The molecule has 14 heavy (non-hydrogen) atoms. The van der Waals surface area contributed by atoms with E-state index in [2.05, 4.69) is 13.8 Å². The summed E-state index contributed by atoms with van der Waals surface area (Å²) in [6.45, 7) is 8.36. The Labute approximate surface area is 85.6 Å². The van der Waals surface area contributed by atoms with E-state index in [-0.39, 0.29) is 11.6 Å².